The monoisotopic (exact) mass is 484 g/mol. The molecule has 182 valence electrons. The van der Waals surface area contributed by atoms with Gasteiger partial charge in [-0.2, -0.15) is 21.6 Å². The molecule has 9 heteroatoms. The average Bonchev–Trinajstić information content (AvgIpc) is 2.89. The topological polar surface area (TPSA) is 52.6 Å². The van der Waals surface area contributed by atoms with Crippen LogP contribution >= 0.6 is 0 Å². The zero-order valence-corrected chi connectivity index (χ0v) is 21.8. The maximum absolute atomic E-state index is 12.8. The fourth-order valence-electron chi connectivity index (χ4n) is 5.89. The van der Waals surface area contributed by atoms with E-state index in [1.165, 1.54) is 0 Å². The van der Waals surface area contributed by atoms with Crippen LogP contribution in [0.5, 0.6) is 0 Å². The first-order valence-corrected chi connectivity index (χ1v) is 16.1. The summed E-state index contributed by atoms with van der Waals surface area (Å²) in [6.07, 6.45) is 7.47. The van der Waals surface area contributed by atoms with E-state index >= 15 is 0 Å². The van der Waals surface area contributed by atoms with Crippen molar-refractivity contribution in [2.24, 2.45) is 23.2 Å². The molecule has 1 fully saturated rings. The number of fused-ring (bicyclic) bond motifs is 1. The number of allylic oxidation sites excluding steroid dienone is 2. The Hall–Kier alpha value is -0.543. The zero-order chi connectivity index (χ0) is 23.9. The van der Waals surface area contributed by atoms with E-state index in [4.69, 9.17) is 4.43 Å². The van der Waals surface area contributed by atoms with Crippen LogP contribution in [0.1, 0.15) is 72.6 Å². The van der Waals surface area contributed by atoms with E-state index in [0.717, 1.165) is 32.1 Å². The zero-order valence-electron chi connectivity index (χ0n) is 19.9. The van der Waals surface area contributed by atoms with E-state index in [1.807, 2.05) is 0 Å². The summed E-state index contributed by atoms with van der Waals surface area (Å²) in [6, 6.07) is 0. The maximum atomic E-state index is 12.8. The Kier molecular flexibility index (Phi) is 7.76. The normalized spacial score (nSPS) is 28.8. The minimum absolute atomic E-state index is 0.00885. The van der Waals surface area contributed by atoms with Crippen LogP contribution in [0.15, 0.2) is 11.8 Å². The van der Waals surface area contributed by atoms with Gasteiger partial charge in [0.15, 0.2) is 8.32 Å². The lowest BCUT2D eigenvalue weighted by molar-refractivity contribution is -0.0536. The standard InChI is InChI=1S/C22H39F3O4SSi/c1-16(10-8-14-20(2,3)29-31(5,6)7)17-12-13-18-19(11-9-15-21(17,18)4)28-30(26,27)22(23,24)25/h11,16-18H,8-10,12-15H2,1-7H3/t16-,17-,18+,21-/m1/s1. The second kappa shape index (κ2) is 9.01. The Morgan fingerprint density at radius 1 is 1.23 bits per heavy atom. The summed E-state index contributed by atoms with van der Waals surface area (Å²) in [5.41, 5.74) is -5.81. The van der Waals surface area contributed by atoms with Crippen molar-refractivity contribution >= 4 is 18.4 Å². The van der Waals surface area contributed by atoms with Crippen molar-refractivity contribution < 1.29 is 30.2 Å². The summed E-state index contributed by atoms with van der Waals surface area (Å²) in [6.45, 7) is 15.2. The van der Waals surface area contributed by atoms with Crippen LogP contribution in [0, 0.1) is 23.2 Å². The Morgan fingerprint density at radius 2 is 1.84 bits per heavy atom. The first kappa shape index (κ1) is 26.7. The molecule has 4 nitrogen and oxygen atoms in total. The second-order valence-electron chi connectivity index (χ2n) is 11.2. The fourth-order valence-corrected chi connectivity index (χ4v) is 8.18. The maximum Gasteiger partial charge on any atom is 0.534 e. The van der Waals surface area contributed by atoms with Crippen molar-refractivity contribution in [1.29, 1.82) is 0 Å². The third kappa shape index (κ3) is 6.50. The van der Waals surface area contributed by atoms with Gasteiger partial charge in [0.1, 0.15) is 5.76 Å². The third-order valence-electron chi connectivity index (χ3n) is 6.98. The van der Waals surface area contributed by atoms with Crippen molar-refractivity contribution in [3.63, 3.8) is 0 Å². The molecular weight excluding hydrogens is 445 g/mol. The van der Waals surface area contributed by atoms with Gasteiger partial charge >= 0.3 is 15.6 Å². The molecule has 0 bridgehead atoms. The summed E-state index contributed by atoms with van der Waals surface area (Å²) >= 11 is 0. The van der Waals surface area contributed by atoms with Crippen molar-refractivity contribution in [2.45, 2.75) is 103 Å². The highest BCUT2D eigenvalue weighted by Crippen LogP contribution is 2.59. The fraction of sp³-hybridized carbons (Fsp3) is 0.909. The minimum atomic E-state index is -5.63. The smallest absolute Gasteiger partial charge is 0.413 e. The lowest BCUT2D eigenvalue weighted by Gasteiger charge is -2.42. The minimum Gasteiger partial charge on any atom is -0.413 e. The molecule has 1 saturated carbocycles. The quantitative estimate of drug-likeness (QED) is 0.201. The highest BCUT2D eigenvalue weighted by atomic mass is 32.2. The molecule has 4 atom stereocenters. The SMILES string of the molecule is C[C@H](CCCC(C)(C)O[Si](C)(C)C)[C@H]1CC[C@H]2C(OS(=O)(=O)C(F)(F)F)=CCC[C@]12C. The molecule has 0 aliphatic heterocycles. The van der Waals surface area contributed by atoms with E-state index in [-0.39, 0.29) is 22.7 Å². The van der Waals surface area contributed by atoms with Crippen LogP contribution in [0.4, 0.5) is 13.2 Å². The van der Waals surface area contributed by atoms with Crippen molar-refractivity contribution in [2.75, 3.05) is 0 Å². The molecule has 0 aromatic carbocycles. The molecule has 0 spiro atoms. The van der Waals surface area contributed by atoms with Crippen LogP contribution in [-0.4, -0.2) is 27.8 Å². The average molecular weight is 485 g/mol. The van der Waals surface area contributed by atoms with Gasteiger partial charge in [0.2, 0.25) is 0 Å². The summed E-state index contributed by atoms with van der Waals surface area (Å²) in [5.74, 6) is 0.443. The second-order valence-corrected chi connectivity index (χ2v) is 17.2. The molecule has 0 radical (unpaired) electrons. The molecule has 2 aliphatic carbocycles. The van der Waals surface area contributed by atoms with E-state index in [9.17, 15) is 21.6 Å². The summed E-state index contributed by atoms with van der Waals surface area (Å²) in [4.78, 5) is 0. The largest absolute Gasteiger partial charge is 0.534 e. The van der Waals surface area contributed by atoms with Crippen molar-refractivity contribution in [3.8, 4) is 0 Å². The molecule has 0 unspecified atom stereocenters. The van der Waals surface area contributed by atoms with Gasteiger partial charge in [-0.1, -0.05) is 26.7 Å². The Labute approximate surface area is 187 Å². The first-order chi connectivity index (χ1) is 13.9. The first-order valence-electron chi connectivity index (χ1n) is 11.3. The molecule has 31 heavy (non-hydrogen) atoms. The lowest BCUT2D eigenvalue weighted by atomic mass is 9.63. The molecule has 2 aliphatic rings. The Morgan fingerprint density at radius 3 is 2.39 bits per heavy atom. The predicted molar refractivity (Wildman–Crippen MR) is 119 cm³/mol. The Balaban J connectivity index is 2.02. The molecule has 0 N–H and O–H groups in total. The van der Waals surface area contributed by atoms with Gasteiger partial charge in [0.25, 0.3) is 0 Å². The Bertz CT molecular complexity index is 771. The number of hydrogen-bond donors (Lipinski definition) is 0. The summed E-state index contributed by atoms with van der Waals surface area (Å²) in [7, 11) is -7.25. The molecular formula is C22H39F3O4SSi. The highest BCUT2D eigenvalue weighted by Gasteiger charge is 2.54. The number of hydrogen-bond acceptors (Lipinski definition) is 4. The van der Waals surface area contributed by atoms with Crippen LogP contribution in [-0.2, 0) is 18.7 Å². The predicted octanol–water partition coefficient (Wildman–Crippen LogP) is 7.00. The molecule has 2 rings (SSSR count). The number of rotatable bonds is 9. The van der Waals surface area contributed by atoms with Crippen LogP contribution in [0.25, 0.3) is 0 Å². The van der Waals surface area contributed by atoms with Gasteiger partial charge < -0.3 is 8.61 Å². The van der Waals surface area contributed by atoms with E-state index in [2.05, 4.69) is 51.5 Å². The molecule has 0 aromatic rings. The van der Waals surface area contributed by atoms with Crippen LogP contribution < -0.4 is 0 Å². The van der Waals surface area contributed by atoms with Gasteiger partial charge in [-0.15, -0.1) is 0 Å². The molecule has 0 aromatic heterocycles. The molecule has 0 amide bonds. The van der Waals surface area contributed by atoms with E-state index in [1.54, 1.807) is 6.08 Å². The van der Waals surface area contributed by atoms with Crippen LogP contribution in [0.3, 0.4) is 0 Å². The number of alkyl halides is 3. The summed E-state index contributed by atoms with van der Waals surface area (Å²) < 4.78 is 72.5. The molecule has 0 heterocycles. The van der Waals surface area contributed by atoms with E-state index in [0.29, 0.717) is 24.7 Å². The van der Waals surface area contributed by atoms with Gasteiger partial charge in [0, 0.05) is 5.92 Å². The van der Waals surface area contributed by atoms with Crippen LogP contribution in [0.2, 0.25) is 19.6 Å². The van der Waals surface area contributed by atoms with Gasteiger partial charge in [-0.3, -0.25) is 0 Å². The van der Waals surface area contributed by atoms with Crippen molar-refractivity contribution in [1.82, 2.24) is 0 Å². The van der Waals surface area contributed by atoms with E-state index < -0.39 is 23.9 Å². The summed E-state index contributed by atoms with van der Waals surface area (Å²) in [5, 5.41) is 0. The van der Waals surface area contributed by atoms with Gasteiger partial charge in [0.05, 0.1) is 5.60 Å². The number of halogens is 3. The van der Waals surface area contributed by atoms with Crippen molar-refractivity contribution in [3.05, 3.63) is 11.8 Å². The van der Waals surface area contributed by atoms with Gasteiger partial charge in [-0.05, 0) is 88.9 Å². The lowest BCUT2D eigenvalue weighted by Crippen LogP contribution is -2.39. The molecule has 0 saturated heterocycles. The highest BCUT2D eigenvalue weighted by molar-refractivity contribution is 7.87. The third-order valence-corrected chi connectivity index (χ3v) is 9.12. The van der Waals surface area contributed by atoms with Gasteiger partial charge in [-0.25, -0.2) is 0 Å².